The number of fused-ring (bicyclic) bond motifs is 3. The van der Waals surface area contributed by atoms with Crippen molar-refractivity contribution in [2.75, 3.05) is 5.73 Å². The van der Waals surface area contributed by atoms with E-state index < -0.39 is 0 Å². The first kappa shape index (κ1) is 13.6. The lowest BCUT2D eigenvalue weighted by Gasteiger charge is -2.18. The summed E-state index contributed by atoms with van der Waals surface area (Å²) in [7, 11) is 0. The summed E-state index contributed by atoms with van der Waals surface area (Å²) in [4.78, 5) is 20.6. The maximum absolute atomic E-state index is 11.5. The van der Waals surface area contributed by atoms with Crippen molar-refractivity contribution in [1.29, 1.82) is 0 Å². The van der Waals surface area contributed by atoms with Gasteiger partial charge in [-0.25, -0.2) is 14.6 Å². The highest BCUT2D eigenvalue weighted by Gasteiger charge is 2.19. The number of aryl methyl sites for hydroxylation is 2. The van der Waals surface area contributed by atoms with Crippen molar-refractivity contribution >= 4 is 11.6 Å². The molecule has 0 bridgehead atoms. The Hall–Kier alpha value is -3.02. The molecule has 0 amide bonds. The SMILES string of the molecule is CC(=O)c1cn(-c2ncc3c(n2)-c2ccccc2CC3)nc1N. The van der Waals surface area contributed by atoms with Gasteiger partial charge in [-0.15, -0.1) is 5.10 Å². The Balaban J connectivity index is 1.85. The smallest absolute Gasteiger partial charge is 0.251 e. The maximum Gasteiger partial charge on any atom is 0.251 e. The van der Waals surface area contributed by atoms with Crippen molar-refractivity contribution < 1.29 is 4.79 Å². The average Bonchev–Trinajstić information content (AvgIpc) is 2.96. The van der Waals surface area contributed by atoms with Crippen molar-refractivity contribution in [3.63, 3.8) is 0 Å². The van der Waals surface area contributed by atoms with Crippen LogP contribution in [0.2, 0.25) is 0 Å². The van der Waals surface area contributed by atoms with Gasteiger partial charge in [-0.05, 0) is 30.9 Å². The van der Waals surface area contributed by atoms with E-state index in [2.05, 4.69) is 27.2 Å². The van der Waals surface area contributed by atoms with Crippen molar-refractivity contribution in [3.8, 4) is 17.2 Å². The predicted molar refractivity (Wildman–Crippen MR) is 86.4 cm³/mol. The van der Waals surface area contributed by atoms with E-state index in [1.54, 1.807) is 6.20 Å². The van der Waals surface area contributed by atoms with E-state index in [1.807, 2.05) is 18.3 Å². The quantitative estimate of drug-likeness (QED) is 0.733. The molecular formula is C17H15N5O. The van der Waals surface area contributed by atoms with Crippen LogP contribution in [0.4, 0.5) is 5.82 Å². The predicted octanol–water partition coefficient (Wildman–Crippen LogP) is 2.21. The molecule has 0 unspecified atom stereocenters. The third-order valence-electron chi connectivity index (χ3n) is 4.11. The molecule has 2 N–H and O–H groups in total. The van der Waals surface area contributed by atoms with Crippen molar-refractivity contribution in [2.45, 2.75) is 19.8 Å². The standard InChI is InChI=1S/C17H15N5O/c1-10(23)14-9-22(21-16(14)18)17-19-8-12-7-6-11-4-2-3-5-13(11)15(12)20-17/h2-5,8-9H,6-7H2,1H3,(H2,18,21). The first-order valence-corrected chi connectivity index (χ1v) is 7.44. The molecular weight excluding hydrogens is 290 g/mol. The minimum atomic E-state index is -0.128. The normalized spacial score (nSPS) is 12.6. The summed E-state index contributed by atoms with van der Waals surface area (Å²) in [5, 5.41) is 4.16. The van der Waals surface area contributed by atoms with Crippen LogP contribution >= 0.6 is 0 Å². The van der Waals surface area contributed by atoms with Gasteiger partial charge in [0.1, 0.15) is 0 Å². The molecule has 1 aromatic carbocycles. The summed E-state index contributed by atoms with van der Waals surface area (Å²) in [6.45, 7) is 1.46. The zero-order valence-corrected chi connectivity index (χ0v) is 12.7. The lowest BCUT2D eigenvalue weighted by Crippen LogP contribution is -2.10. The summed E-state index contributed by atoms with van der Waals surface area (Å²) >= 11 is 0. The topological polar surface area (TPSA) is 86.7 Å². The van der Waals surface area contributed by atoms with E-state index in [0.717, 1.165) is 29.7 Å². The van der Waals surface area contributed by atoms with E-state index in [-0.39, 0.29) is 11.6 Å². The largest absolute Gasteiger partial charge is 0.382 e. The van der Waals surface area contributed by atoms with Crippen LogP contribution in [0, 0.1) is 0 Å². The molecule has 114 valence electrons. The number of hydrogen-bond donors (Lipinski definition) is 1. The summed E-state index contributed by atoms with van der Waals surface area (Å²) in [6, 6.07) is 8.25. The number of carbonyl (C=O) groups is 1. The molecule has 0 spiro atoms. The first-order chi connectivity index (χ1) is 11.1. The second-order valence-corrected chi connectivity index (χ2v) is 5.63. The van der Waals surface area contributed by atoms with E-state index in [9.17, 15) is 4.79 Å². The molecule has 0 saturated heterocycles. The molecule has 2 heterocycles. The van der Waals surface area contributed by atoms with Crippen LogP contribution in [0.5, 0.6) is 0 Å². The Labute approximate surface area is 133 Å². The third-order valence-corrected chi connectivity index (χ3v) is 4.11. The molecule has 0 saturated carbocycles. The van der Waals surface area contributed by atoms with Gasteiger partial charge >= 0.3 is 0 Å². The van der Waals surface area contributed by atoms with E-state index >= 15 is 0 Å². The second kappa shape index (κ2) is 5.01. The first-order valence-electron chi connectivity index (χ1n) is 7.44. The van der Waals surface area contributed by atoms with Crippen molar-refractivity contribution in [2.24, 2.45) is 0 Å². The third kappa shape index (κ3) is 2.19. The van der Waals surface area contributed by atoms with Crippen LogP contribution < -0.4 is 5.73 Å². The zero-order chi connectivity index (χ0) is 16.0. The van der Waals surface area contributed by atoms with Gasteiger partial charge in [0.2, 0.25) is 0 Å². The molecule has 0 atom stereocenters. The Bertz CT molecular complexity index is 928. The maximum atomic E-state index is 11.5. The number of nitrogen functional groups attached to an aromatic ring is 1. The number of anilines is 1. The second-order valence-electron chi connectivity index (χ2n) is 5.63. The molecule has 4 rings (SSSR count). The Kier molecular flexibility index (Phi) is 2.97. The Morgan fingerprint density at radius 2 is 2.00 bits per heavy atom. The van der Waals surface area contributed by atoms with Gasteiger partial charge in [-0.3, -0.25) is 4.79 Å². The fraction of sp³-hybridized carbons (Fsp3) is 0.176. The number of hydrogen-bond acceptors (Lipinski definition) is 5. The van der Waals surface area contributed by atoms with E-state index in [4.69, 9.17) is 5.73 Å². The number of benzene rings is 1. The van der Waals surface area contributed by atoms with Crippen LogP contribution in [0.3, 0.4) is 0 Å². The molecule has 23 heavy (non-hydrogen) atoms. The van der Waals surface area contributed by atoms with Crippen molar-refractivity contribution in [3.05, 3.63) is 53.3 Å². The number of Topliss-reactive ketones (excluding diaryl/α,β-unsaturated/α-hetero) is 1. The highest BCUT2D eigenvalue weighted by Crippen LogP contribution is 2.31. The van der Waals surface area contributed by atoms with Crippen LogP contribution in [0.25, 0.3) is 17.2 Å². The molecule has 0 radical (unpaired) electrons. The van der Waals surface area contributed by atoms with Gasteiger partial charge in [0.25, 0.3) is 5.95 Å². The van der Waals surface area contributed by atoms with Gasteiger partial charge in [0.15, 0.2) is 11.6 Å². The summed E-state index contributed by atoms with van der Waals surface area (Å²) in [5.41, 5.74) is 10.6. The van der Waals surface area contributed by atoms with Crippen LogP contribution in [-0.2, 0) is 12.8 Å². The van der Waals surface area contributed by atoms with Gasteiger partial charge in [0, 0.05) is 18.0 Å². The van der Waals surface area contributed by atoms with Gasteiger partial charge in [-0.2, -0.15) is 0 Å². The molecule has 0 fully saturated rings. The van der Waals surface area contributed by atoms with Crippen LogP contribution in [0.1, 0.15) is 28.4 Å². The Morgan fingerprint density at radius 3 is 2.78 bits per heavy atom. The van der Waals surface area contributed by atoms with E-state index in [1.165, 1.54) is 17.2 Å². The number of nitrogens with two attached hydrogens (primary N) is 1. The zero-order valence-electron chi connectivity index (χ0n) is 12.7. The minimum Gasteiger partial charge on any atom is -0.382 e. The lowest BCUT2D eigenvalue weighted by molar-refractivity contribution is 0.101. The molecule has 0 aliphatic heterocycles. The Morgan fingerprint density at radius 1 is 1.22 bits per heavy atom. The molecule has 3 aromatic rings. The summed E-state index contributed by atoms with van der Waals surface area (Å²) in [6.07, 6.45) is 5.33. The van der Waals surface area contributed by atoms with Crippen molar-refractivity contribution in [1.82, 2.24) is 19.7 Å². The molecule has 6 nitrogen and oxygen atoms in total. The molecule has 1 aliphatic carbocycles. The fourth-order valence-electron chi connectivity index (χ4n) is 2.92. The molecule has 1 aliphatic rings. The highest BCUT2D eigenvalue weighted by atomic mass is 16.1. The fourth-order valence-corrected chi connectivity index (χ4v) is 2.92. The van der Waals surface area contributed by atoms with Crippen LogP contribution in [0.15, 0.2) is 36.7 Å². The number of aromatic nitrogens is 4. The molecule has 6 heteroatoms. The van der Waals surface area contributed by atoms with E-state index in [0.29, 0.717) is 11.5 Å². The number of nitrogens with zero attached hydrogens (tertiary/aromatic N) is 4. The summed E-state index contributed by atoms with van der Waals surface area (Å²) < 4.78 is 1.46. The highest BCUT2D eigenvalue weighted by molar-refractivity contribution is 5.98. The van der Waals surface area contributed by atoms with Gasteiger partial charge in [-0.1, -0.05) is 24.3 Å². The number of rotatable bonds is 2. The number of ketones is 1. The molecule has 2 aromatic heterocycles. The van der Waals surface area contributed by atoms with Gasteiger partial charge < -0.3 is 5.73 Å². The monoisotopic (exact) mass is 305 g/mol. The lowest BCUT2D eigenvalue weighted by atomic mass is 9.90. The average molecular weight is 305 g/mol. The summed E-state index contributed by atoms with van der Waals surface area (Å²) in [5.74, 6) is 0.482. The van der Waals surface area contributed by atoms with Crippen LogP contribution in [-0.4, -0.2) is 25.5 Å². The minimum absolute atomic E-state index is 0.128. The number of carbonyl (C=O) groups excluding carboxylic acids is 1. The van der Waals surface area contributed by atoms with Gasteiger partial charge in [0.05, 0.1) is 11.3 Å².